The van der Waals surface area contributed by atoms with E-state index in [-0.39, 0.29) is 11.6 Å². The minimum absolute atomic E-state index is 0.281. The first-order valence-electron chi connectivity index (χ1n) is 6.93. The zero-order valence-electron chi connectivity index (χ0n) is 12.0. The Bertz CT molecular complexity index is 794. The van der Waals surface area contributed by atoms with Crippen LogP contribution >= 0.6 is 0 Å². The van der Waals surface area contributed by atoms with Crippen LogP contribution in [-0.2, 0) is 6.54 Å². The highest BCUT2D eigenvalue weighted by Crippen LogP contribution is 2.21. The number of halogens is 2. The van der Waals surface area contributed by atoms with E-state index in [0.29, 0.717) is 29.6 Å². The summed E-state index contributed by atoms with van der Waals surface area (Å²) in [6.45, 7) is 0.291. The van der Waals surface area contributed by atoms with Crippen LogP contribution in [0.4, 0.5) is 14.6 Å². The molecule has 23 heavy (non-hydrogen) atoms. The Hall–Kier alpha value is -3.02. The summed E-state index contributed by atoms with van der Waals surface area (Å²) in [5, 5.41) is 3.01. The molecule has 0 aliphatic carbocycles. The molecule has 0 fully saturated rings. The van der Waals surface area contributed by atoms with Gasteiger partial charge in [-0.2, -0.15) is 0 Å². The molecule has 1 aromatic heterocycles. The van der Waals surface area contributed by atoms with Crippen molar-refractivity contribution in [2.24, 2.45) is 0 Å². The smallest absolute Gasteiger partial charge is 0.224 e. The molecule has 3 rings (SSSR count). The maximum Gasteiger partial charge on any atom is 0.224 e. The number of nitrogens with zero attached hydrogens (tertiary/aromatic N) is 2. The lowest BCUT2D eigenvalue weighted by Crippen LogP contribution is -2.03. The molecule has 4 nitrogen and oxygen atoms in total. The lowest BCUT2D eigenvalue weighted by Gasteiger charge is -2.08. The zero-order chi connectivity index (χ0) is 16.1. The van der Waals surface area contributed by atoms with Crippen LogP contribution in [0.5, 0.6) is 11.6 Å². The number of hydrogen-bond acceptors (Lipinski definition) is 4. The van der Waals surface area contributed by atoms with E-state index in [0.717, 1.165) is 0 Å². The van der Waals surface area contributed by atoms with Crippen LogP contribution in [0.15, 0.2) is 60.9 Å². The van der Waals surface area contributed by atoms with Crippen molar-refractivity contribution >= 4 is 5.82 Å². The predicted molar refractivity (Wildman–Crippen MR) is 82.2 cm³/mol. The van der Waals surface area contributed by atoms with E-state index in [4.69, 9.17) is 4.74 Å². The monoisotopic (exact) mass is 313 g/mol. The van der Waals surface area contributed by atoms with Crippen molar-refractivity contribution in [2.75, 3.05) is 5.32 Å². The van der Waals surface area contributed by atoms with Crippen molar-refractivity contribution in [3.63, 3.8) is 0 Å². The number of ether oxygens (including phenoxy) is 1. The Morgan fingerprint density at radius 2 is 1.74 bits per heavy atom. The Morgan fingerprint density at radius 3 is 2.52 bits per heavy atom. The molecule has 116 valence electrons. The Kier molecular flexibility index (Phi) is 4.42. The molecule has 3 aromatic rings. The van der Waals surface area contributed by atoms with Gasteiger partial charge in [-0.05, 0) is 30.3 Å². The normalized spacial score (nSPS) is 10.3. The van der Waals surface area contributed by atoms with Gasteiger partial charge in [-0.15, -0.1) is 0 Å². The van der Waals surface area contributed by atoms with Gasteiger partial charge in [0.25, 0.3) is 0 Å². The Balaban J connectivity index is 1.67. The Labute approximate surface area is 131 Å². The lowest BCUT2D eigenvalue weighted by molar-refractivity contribution is 0.460. The highest BCUT2D eigenvalue weighted by Gasteiger charge is 2.04. The molecule has 6 heteroatoms. The largest absolute Gasteiger partial charge is 0.439 e. The number of benzene rings is 2. The van der Waals surface area contributed by atoms with Gasteiger partial charge in [-0.1, -0.05) is 18.2 Å². The molecule has 0 radical (unpaired) electrons. The van der Waals surface area contributed by atoms with Crippen LogP contribution in [-0.4, -0.2) is 9.97 Å². The number of aromatic nitrogens is 2. The fraction of sp³-hybridized carbons (Fsp3) is 0.0588. The average Bonchev–Trinajstić information content (AvgIpc) is 2.57. The molecule has 1 heterocycles. The third kappa shape index (κ3) is 4.00. The molecule has 0 saturated carbocycles. The molecular formula is C17H13F2N3O. The number of anilines is 1. The Morgan fingerprint density at radius 1 is 0.957 bits per heavy atom. The highest BCUT2D eigenvalue weighted by molar-refractivity contribution is 5.39. The lowest BCUT2D eigenvalue weighted by atomic mass is 10.2. The summed E-state index contributed by atoms with van der Waals surface area (Å²) in [5.74, 6) is 0.650. The van der Waals surface area contributed by atoms with Gasteiger partial charge in [0, 0.05) is 18.2 Å². The van der Waals surface area contributed by atoms with E-state index in [1.54, 1.807) is 24.3 Å². The summed E-state index contributed by atoms with van der Waals surface area (Å²) < 4.78 is 31.9. The maximum absolute atomic E-state index is 13.6. The summed E-state index contributed by atoms with van der Waals surface area (Å²) in [7, 11) is 0. The van der Waals surface area contributed by atoms with Gasteiger partial charge in [0.15, 0.2) is 0 Å². The van der Waals surface area contributed by atoms with Crippen molar-refractivity contribution in [2.45, 2.75) is 6.54 Å². The van der Waals surface area contributed by atoms with Crippen LogP contribution in [0.2, 0.25) is 0 Å². The first-order chi connectivity index (χ1) is 11.2. The molecule has 2 aromatic carbocycles. The van der Waals surface area contributed by atoms with Crippen molar-refractivity contribution in [3.8, 4) is 11.6 Å². The second-order valence-electron chi connectivity index (χ2n) is 4.74. The molecule has 0 amide bonds. The van der Waals surface area contributed by atoms with E-state index in [2.05, 4.69) is 15.3 Å². The van der Waals surface area contributed by atoms with Crippen LogP contribution in [0.25, 0.3) is 0 Å². The molecule has 0 saturated heterocycles. The third-order valence-electron chi connectivity index (χ3n) is 3.10. The van der Waals surface area contributed by atoms with Crippen molar-refractivity contribution in [1.82, 2.24) is 9.97 Å². The molecule has 0 aliphatic rings. The predicted octanol–water partition coefficient (Wildman–Crippen LogP) is 4.16. The fourth-order valence-electron chi connectivity index (χ4n) is 1.94. The maximum atomic E-state index is 13.6. The fourth-order valence-corrected chi connectivity index (χ4v) is 1.94. The van der Waals surface area contributed by atoms with Crippen molar-refractivity contribution < 1.29 is 13.5 Å². The molecule has 0 atom stereocenters. The van der Waals surface area contributed by atoms with Crippen LogP contribution in [0, 0.1) is 11.6 Å². The quantitative estimate of drug-likeness (QED) is 0.768. The van der Waals surface area contributed by atoms with Crippen LogP contribution in [0.3, 0.4) is 0 Å². The molecule has 0 aliphatic heterocycles. The number of rotatable bonds is 5. The number of nitrogens with one attached hydrogen (secondary N) is 1. The van der Waals surface area contributed by atoms with Gasteiger partial charge in [-0.25, -0.2) is 18.7 Å². The van der Waals surface area contributed by atoms with E-state index < -0.39 is 0 Å². The van der Waals surface area contributed by atoms with Gasteiger partial charge < -0.3 is 10.1 Å². The van der Waals surface area contributed by atoms with Gasteiger partial charge in [0.1, 0.15) is 29.5 Å². The van der Waals surface area contributed by atoms with E-state index in [1.807, 2.05) is 0 Å². The highest BCUT2D eigenvalue weighted by atomic mass is 19.1. The summed E-state index contributed by atoms with van der Waals surface area (Å²) in [6, 6.07) is 13.7. The summed E-state index contributed by atoms with van der Waals surface area (Å²) in [6.07, 6.45) is 1.34. The SMILES string of the molecule is Fc1ccc(Oc2cc(NCc3ccccc3F)ncn2)cc1. The first-order valence-corrected chi connectivity index (χ1v) is 6.93. The zero-order valence-corrected chi connectivity index (χ0v) is 12.0. The summed E-state index contributed by atoms with van der Waals surface area (Å²) >= 11 is 0. The van der Waals surface area contributed by atoms with Gasteiger partial charge in [-0.3, -0.25) is 0 Å². The summed E-state index contributed by atoms with van der Waals surface area (Å²) in [5.41, 5.74) is 0.534. The minimum Gasteiger partial charge on any atom is -0.439 e. The van der Waals surface area contributed by atoms with E-state index in [9.17, 15) is 8.78 Å². The van der Waals surface area contributed by atoms with Gasteiger partial charge >= 0.3 is 0 Å². The van der Waals surface area contributed by atoms with Crippen molar-refractivity contribution in [1.29, 1.82) is 0 Å². The molecule has 0 unspecified atom stereocenters. The molecular weight excluding hydrogens is 300 g/mol. The topological polar surface area (TPSA) is 47.0 Å². The first kappa shape index (κ1) is 14.9. The third-order valence-corrected chi connectivity index (χ3v) is 3.10. The number of hydrogen-bond donors (Lipinski definition) is 1. The van der Waals surface area contributed by atoms with E-state index in [1.165, 1.54) is 36.7 Å². The van der Waals surface area contributed by atoms with Crippen LogP contribution < -0.4 is 10.1 Å². The molecule has 0 spiro atoms. The van der Waals surface area contributed by atoms with Crippen LogP contribution in [0.1, 0.15) is 5.56 Å². The molecule has 0 bridgehead atoms. The summed E-state index contributed by atoms with van der Waals surface area (Å²) in [4.78, 5) is 8.04. The second-order valence-corrected chi connectivity index (χ2v) is 4.74. The van der Waals surface area contributed by atoms with E-state index >= 15 is 0 Å². The second kappa shape index (κ2) is 6.83. The van der Waals surface area contributed by atoms with Gasteiger partial charge in [0.05, 0.1) is 0 Å². The molecule has 1 N–H and O–H groups in total. The standard InChI is InChI=1S/C17H13F2N3O/c18-13-5-7-14(8-6-13)23-17-9-16(21-11-22-17)20-10-12-3-1-2-4-15(12)19/h1-9,11H,10H2,(H,20,21,22). The van der Waals surface area contributed by atoms with Crippen molar-refractivity contribution in [3.05, 3.63) is 78.1 Å². The average molecular weight is 313 g/mol. The minimum atomic E-state index is -0.340. The van der Waals surface area contributed by atoms with Gasteiger partial charge in [0.2, 0.25) is 5.88 Å².